The van der Waals surface area contributed by atoms with Crippen molar-refractivity contribution in [2.24, 2.45) is 0 Å². The van der Waals surface area contributed by atoms with E-state index in [0.717, 1.165) is 12.1 Å². The number of hydrogen-bond donors (Lipinski definition) is 6. The number of aromatic hydroxyl groups is 2. The number of anilines is 2. The number of nitrogens with one attached hydrogen (secondary N) is 2. The first kappa shape index (κ1) is 33.3. The van der Waals surface area contributed by atoms with Crippen LogP contribution in [0.3, 0.4) is 0 Å². The van der Waals surface area contributed by atoms with Gasteiger partial charge in [0.25, 0.3) is 20.2 Å². The third kappa shape index (κ3) is 6.85. The number of phenols is 2. The van der Waals surface area contributed by atoms with Crippen LogP contribution in [-0.2, 0) is 20.2 Å². The van der Waals surface area contributed by atoms with E-state index in [1.807, 2.05) is 0 Å². The van der Waals surface area contributed by atoms with Gasteiger partial charge in [-0.3, -0.25) is 9.11 Å². The van der Waals surface area contributed by atoms with Crippen molar-refractivity contribution in [3.8, 4) is 11.5 Å². The maximum absolute atomic E-state index is 12.5. The minimum atomic E-state index is -4.64. The van der Waals surface area contributed by atoms with Crippen LogP contribution in [0.2, 0.25) is 0 Å². The molecule has 0 aliphatic heterocycles. The first-order valence-corrected chi connectivity index (χ1v) is 14.1. The van der Waals surface area contributed by atoms with E-state index in [1.165, 1.54) is 36.4 Å². The van der Waals surface area contributed by atoms with Crippen molar-refractivity contribution in [1.82, 2.24) is 0 Å². The molecule has 190 valence electrons. The van der Waals surface area contributed by atoms with Gasteiger partial charge in [-0.25, -0.2) is 4.79 Å². The number of halogens is 2. The fourth-order valence-electron chi connectivity index (χ4n) is 3.50. The molecule has 4 aromatic carbocycles. The molecule has 2 radical (unpaired) electrons. The van der Waals surface area contributed by atoms with Gasteiger partial charge in [0.05, 0.1) is 8.95 Å². The molecule has 17 heteroatoms. The Kier molecular flexibility index (Phi) is 10.7. The van der Waals surface area contributed by atoms with Crippen LogP contribution in [0, 0.1) is 0 Å². The number of fused-ring (bicyclic) bond motifs is 2. The van der Waals surface area contributed by atoms with Gasteiger partial charge in [0.15, 0.2) is 0 Å². The molecule has 4 rings (SSSR count). The number of phenolic OH excluding ortho intramolecular Hbond substituents is 2. The number of urea groups is 1. The summed E-state index contributed by atoms with van der Waals surface area (Å²) in [5.41, 5.74) is 0.443. The average molecular weight is 708 g/mol. The van der Waals surface area contributed by atoms with Crippen LogP contribution >= 0.6 is 31.9 Å². The zero-order valence-corrected chi connectivity index (χ0v) is 28.3. The molecule has 0 unspecified atom stereocenters. The maximum Gasteiger partial charge on any atom is 0.323 e. The number of hydrogen-bond acceptors (Lipinski definition) is 7. The molecular formula is C21H14Br2N2Na2O9S2. The fourth-order valence-corrected chi connectivity index (χ4v) is 6.58. The van der Waals surface area contributed by atoms with E-state index in [0.29, 0.717) is 0 Å². The van der Waals surface area contributed by atoms with Crippen molar-refractivity contribution < 1.29 is 40.9 Å². The molecule has 6 N–H and O–H groups in total. The number of benzene rings is 4. The molecule has 4 aromatic rings. The quantitative estimate of drug-likeness (QED) is 0.133. The molecule has 38 heavy (non-hydrogen) atoms. The molecule has 2 amide bonds. The second-order valence-corrected chi connectivity index (χ2v) is 11.8. The SMILES string of the molecule is O=C(Nc1ccc2c(O)c(Br)c(S(=O)(=O)O)cc2c1)Nc1ccc2c(O)c(Br)c(S(=O)(=O)O)cc2c1.[Na].[Na]. The molecule has 11 nitrogen and oxygen atoms in total. The van der Waals surface area contributed by atoms with E-state index >= 15 is 0 Å². The van der Waals surface area contributed by atoms with Crippen molar-refractivity contribution in [2.75, 3.05) is 10.6 Å². The van der Waals surface area contributed by atoms with E-state index in [9.17, 15) is 40.9 Å². The van der Waals surface area contributed by atoms with Gasteiger partial charge in [-0.2, -0.15) is 16.8 Å². The summed E-state index contributed by atoms with van der Waals surface area (Å²) < 4.78 is 64.7. The predicted octanol–water partition coefficient (Wildman–Crippen LogP) is 4.31. The summed E-state index contributed by atoms with van der Waals surface area (Å²) >= 11 is 5.88. The van der Waals surface area contributed by atoms with Crippen LogP contribution in [0.15, 0.2) is 67.3 Å². The van der Waals surface area contributed by atoms with Crippen LogP contribution in [0.25, 0.3) is 21.5 Å². The number of rotatable bonds is 4. The molecule has 0 saturated carbocycles. The molecule has 0 spiro atoms. The Balaban J connectivity index is 0.00000253. The summed E-state index contributed by atoms with van der Waals surface area (Å²) in [4.78, 5) is 11.4. The molecule has 0 fully saturated rings. The van der Waals surface area contributed by atoms with Crippen molar-refractivity contribution in [3.63, 3.8) is 0 Å². The third-order valence-corrected chi connectivity index (χ3v) is 8.99. The smallest absolute Gasteiger partial charge is 0.323 e. The molecule has 0 aliphatic rings. The van der Waals surface area contributed by atoms with Crippen molar-refractivity contribution >= 4 is 150 Å². The second kappa shape index (κ2) is 12.3. The van der Waals surface area contributed by atoms with Gasteiger partial charge in [0, 0.05) is 81.3 Å². The van der Waals surface area contributed by atoms with Crippen LogP contribution in [0.1, 0.15) is 0 Å². The molecular weight excluding hydrogens is 694 g/mol. The predicted molar refractivity (Wildman–Crippen MR) is 150 cm³/mol. The van der Waals surface area contributed by atoms with Crippen molar-refractivity contribution in [3.05, 3.63) is 57.5 Å². The first-order chi connectivity index (χ1) is 16.7. The minimum absolute atomic E-state index is 0. The Bertz CT molecular complexity index is 1690. The van der Waals surface area contributed by atoms with Crippen molar-refractivity contribution in [2.45, 2.75) is 9.79 Å². The summed E-state index contributed by atoms with van der Waals surface area (Å²) in [6.07, 6.45) is 0. The Morgan fingerprint density at radius 3 is 1.32 bits per heavy atom. The van der Waals surface area contributed by atoms with E-state index in [4.69, 9.17) is 0 Å². The fraction of sp³-hybridized carbons (Fsp3) is 0. The zero-order valence-electron chi connectivity index (χ0n) is 19.5. The molecule has 0 aliphatic carbocycles. The largest absolute Gasteiger partial charge is 0.506 e. The van der Waals surface area contributed by atoms with E-state index < -0.39 is 47.6 Å². The summed E-state index contributed by atoms with van der Waals surface area (Å²) in [7, 11) is -9.28. The van der Waals surface area contributed by atoms with Gasteiger partial charge >= 0.3 is 6.03 Å². The summed E-state index contributed by atoms with van der Waals surface area (Å²) in [5, 5.41) is 26.5. The third-order valence-electron chi connectivity index (χ3n) is 5.11. The summed E-state index contributed by atoms with van der Waals surface area (Å²) in [6, 6.07) is 10.1. The Labute approximate surface area is 277 Å². The average Bonchev–Trinajstić information content (AvgIpc) is 2.77. The van der Waals surface area contributed by atoms with Gasteiger partial charge in [-0.05, 0) is 91.2 Å². The van der Waals surface area contributed by atoms with E-state index in [1.54, 1.807) is 0 Å². The van der Waals surface area contributed by atoms with Gasteiger partial charge < -0.3 is 20.8 Å². The normalized spacial score (nSPS) is 11.5. The maximum atomic E-state index is 12.5. The van der Waals surface area contributed by atoms with Gasteiger partial charge in [-0.1, -0.05) is 0 Å². The minimum Gasteiger partial charge on any atom is -0.506 e. The van der Waals surface area contributed by atoms with Crippen LogP contribution in [-0.4, -0.2) is 101 Å². The standard InChI is InChI=1S/C21H14Br2N2O9S2.2Na/c22-17-15(35(29,30)31)7-9-5-11(1-3-13(9)19(17)26)24-21(28)25-12-2-4-14-10(6-12)8-16(36(32,33)34)18(23)20(14)27;;/h1-8,26-27H,(H2,24,25,28)(H,29,30,31)(H,32,33,34);;. The topological polar surface area (TPSA) is 190 Å². The number of carbonyl (C=O) groups is 1. The Morgan fingerprint density at radius 1 is 0.658 bits per heavy atom. The van der Waals surface area contributed by atoms with Gasteiger partial charge in [0.1, 0.15) is 21.3 Å². The molecule has 0 atom stereocenters. The molecule has 0 aromatic heterocycles. The molecule has 0 heterocycles. The molecule has 0 bridgehead atoms. The second-order valence-electron chi connectivity index (χ2n) is 7.48. The first-order valence-electron chi connectivity index (χ1n) is 9.60. The van der Waals surface area contributed by atoms with Gasteiger partial charge in [0.2, 0.25) is 0 Å². The van der Waals surface area contributed by atoms with Crippen LogP contribution in [0.5, 0.6) is 11.5 Å². The summed E-state index contributed by atoms with van der Waals surface area (Å²) in [6.45, 7) is 0. The van der Waals surface area contributed by atoms with Crippen molar-refractivity contribution in [1.29, 1.82) is 0 Å². The zero-order chi connectivity index (χ0) is 26.6. The monoisotopic (exact) mass is 706 g/mol. The Hall–Kier alpha value is -0.950. The summed E-state index contributed by atoms with van der Waals surface area (Å²) in [5.74, 6) is -0.821. The van der Waals surface area contributed by atoms with Gasteiger partial charge in [-0.15, -0.1) is 0 Å². The Morgan fingerprint density at radius 2 is 1.00 bits per heavy atom. The van der Waals surface area contributed by atoms with Crippen LogP contribution < -0.4 is 10.6 Å². The van der Waals surface area contributed by atoms with E-state index in [2.05, 4.69) is 42.5 Å². The molecule has 0 saturated heterocycles. The van der Waals surface area contributed by atoms with Crippen LogP contribution in [0.4, 0.5) is 16.2 Å². The number of amides is 2. The van der Waals surface area contributed by atoms with E-state index in [-0.39, 0.29) is 101 Å². The number of carbonyl (C=O) groups excluding carboxylic acids is 1.